The van der Waals surface area contributed by atoms with E-state index >= 15 is 0 Å². The van der Waals surface area contributed by atoms with E-state index in [4.69, 9.17) is 4.42 Å². The zero-order chi connectivity index (χ0) is 23.9. The number of nitrogens with one attached hydrogen (secondary N) is 2. The molecule has 1 aliphatic rings. The molecular formula is C26H29N3O4S. The van der Waals surface area contributed by atoms with Crippen molar-refractivity contribution in [3.05, 3.63) is 81.9 Å². The average Bonchev–Trinajstić information content (AvgIpc) is 3.61. The van der Waals surface area contributed by atoms with E-state index in [2.05, 4.69) is 10.6 Å². The summed E-state index contributed by atoms with van der Waals surface area (Å²) in [5, 5.41) is 7.62. The monoisotopic (exact) mass is 479 g/mol. The highest BCUT2D eigenvalue weighted by molar-refractivity contribution is 7.12. The van der Waals surface area contributed by atoms with Crippen molar-refractivity contribution in [1.82, 2.24) is 15.5 Å². The molecule has 178 valence electrons. The number of furan rings is 1. The molecular weight excluding hydrogens is 450 g/mol. The maximum absolute atomic E-state index is 13.5. The highest BCUT2D eigenvalue weighted by Crippen LogP contribution is 2.27. The molecule has 2 aromatic heterocycles. The van der Waals surface area contributed by atoms with Gasteiger partial charge in [-0.2, -0.15) is 0 Å². The largest absolute Gasteiger partial charge is 0.464 e. The van der Waals surface area contributed by atoms with E-state index in [1.807, 2.05) is 30.3 Å². The molecule has 0 radical (unpaired) electrons. The van der Waals surface area contributed by atoms with Gasteiger partial charge in [-0.1, -0.05) is 49.2 Å². The topological polar surface area (TPSA) is 91.7 Å². The molecule has 1 fully saturated rings. The molecule has 1 aliphatic carbocycles. The van der Waals surface area contributed by atoms with E-state index in [0.717, 1.165) is 31.2 Å². The van der Waals surface area contributed by atoms with Crippen LogP contribution in [0.1, 0.15) is 58.5 Å². The van der Waals surface area contributed by atoms with Crippen LogP contribution in [0.2, 0.25) is 0 Å². The summed E-state index contributed by atoms with van der Waals surface area (Å²) in [6, 6.07) is 15.7. The van der Waals surface area contributed by atoms with Crippen LogP contribution in [0.15, 0.2) is 64.4 Å². The second-order valence-corrected chi connectivity index (χ2v) is 9.46. The molecule has 0 saturated heterocycles. The van der Waals surface area contributed by atoms with Crippen LogP contribution in [0.4, 0.5) is 0 Å². The SMILES string of the molecule is Cc1ccc([C@@H](C(=O)NC2CCCC2)N(Cc2ccccc2)C(=O)CNC(=O)c2cccs2)o1. The summed E-state index contributed by atoms with van der Waals surface area (Å²) in [7, 11) is 0. The lowest BCUT2D eigenvalue weighted by Gasteiger charge is -2.31. The normalized spacial score (nSPS) is 14.5. The van der Waals surface area contributed by atoms with Gasteiger partial charge < -0.3 is 20.0 Å². The van der Waals surface area contributed by atoms with Crippen molar-refractivity contribution in [2.45, 2.75) is 51.2 Å². The standard InChI is InChI=1S/C26H29N3O4S/c1-18-13-14-21(33-18)24(26(32)28-20-10-5-6-11-20)29(17-19-8-3-2-4-9-19)23(30)16-27-25(31)22-12-7-15-34-22/h2-4,7-9,12-15,20,24H,5-6,10-11,16-17H2,1H3,(H,27,31)(H,28,32)/t24-/m0/s1. The summed E-state index contributed by atoms with van der Waals surface area (Å²) in [6.45, 7) is 1.79. The predicted molar refractivity (Wildman–Crippen MR) is 130 cm³/mol. The summed E-state index contributed by atoms with van der Waals surface area (Å²) < 4.78 is 5.84. The Labute approximate surface area is 203 Å². The van der Waals surface area contributed by atoms with Crippen LogP contribution in [-0.2, 0) is 16.1 Å². The number of aryl methyl sites for hydroxylation is 1. The Hall–Kier alpha value is -3.39. The van der Waals surface area contributed by atoms with Gasteiger partial charge in [-0.15, -0.1) is 11.3 Å². The second kappa shape index (κ2) is 11.2. The zero-order valence-electron chi connectivity index (χ0n) is 19.2. The third-order valence-electron chi connectivity index (χ3n) is 5.95. The number of benzene rings is 1. The third kappa shape index (κ3) is 5.94. The smallest absolute Gasteiger partial charge is 0.261 e. The number of hydrogen-bond donors (Lipinski definition) is 2. The van der Waals surface area contributed by atoms with Gasteiger partial charge in [0.1, 0.15) is 11.5 Å². The first-order valence-corrected chi connectivity index (χ1v) is 12.4. The van der Waals surface area contributed by atoms with Gasteiger partial charge in [0.2, 0.25) is 5.91 Å². The molecule has 1 saturated carbocycles. The van der Waals surface area contributed by atoms with Crippen molar-refractivity contribution in [3.8, 4) is 0 Å². The van der Waals surface area contributed by atoms with E-state index in [9.17, 15) is 14.4 Å². The summed E-state index contributed by atoms with van der Waals surface area (Å²) in [6.07, 6.45) is 4.02. The van der Waals surface area contributed by atoms with Crippen molar-refractivity contribution in [1.29, 1.82) is 0 Å². The molecule has 4 rings (SSSR count). The lowest BCUT2D eigenvalue weighted by atomic mass is 10.1. The van der Waals surface area contributed by atoms with Gasteiger partial charge in [-0.05, 0) is 48.9 Å². The minimum atomic E-state index is -0.944. The summed E-state index contributed by atoms with van der Waals surface area (Å²) >= 11 is 1.31. The average molecular weight is 480 g/mol. The lowest BCUT2D eigenvalue weighted by molar-refractivity contribution is -0.141. The number of rotatable bonds is 9. The van der Waals surface area contributed by atoms with Gasteiger partial charge in [0.25, 0.3) is 11.8 Å². The Morgan fingerprint density at radius 3 is 2.47 bits per heavy atom. The first-order valence-electron chi connectivity index (χ1n) is 11.5. The fourth-order valence-corrected chi connectivity index (χ4v) is 4.87. The van der Waals surface area contributed by atoms with Crippen LogP contribution in [-0.4, -0.2) is 35.2 Å². The van der Waals surface area contributed by atoms with Crippen molar-refractivity contribution in [2.75, 3.05) is 6.54 Å². The maximum atomic E-state index is 13.5. The number of amides is 3. The van der Waals surface area contributed by atoms with Crippen LogP contribution in [0.5, 0.6) is 0 Å². The van der Waals surface area contributed by atoms with Gasteiger partial charge in [0.05, 0.1) is 11.4 Å². The number of nitrogens with zero attached hydrogens (tertiary/aromatic N) is 1. The molecule has 3 aromatic rings. The molecule has 8 heteroatoms. The highest BCUT2D eigenvalue weighted by atomic mass is 32.1. The fraction of sp³-hybridized carbons (Fsp3) is 0.346. The van der Waals surface area contributed by atoms with E-state index in [1.165, 1.54) is 16.2 Å². The zero-order valence-corrected chi connectivity index (χ0v) is 20.0. The Bertz CT molecular complexity index is 1100. The van der Waals surface area contributed by atoms with Crippen LogP contribution < -0.4 is 10.6 Å². The Morgan fingerprint density at radius 1 is 1.06 bits per heavy atom. The molecule has 1 atom stereocenters. The highest BCUT2D eigenvalue weighted by Gasteiger charge is 2.35. The van der Waals surface area contributed by atoms with Gasteiger partial charge in [-0.3, -0.25) is 14.4 Å². The Kier molecular flexibility index (Phi) is 7.80. The van der Waals surface area contributed by atoms with Gasteiger partial charge in [0.15, 0.2) is 6.04 Å². The number of carbonyl (C=O) groups is 3. The molecule has 0 aliphatic heterocycles. The summed E-state index contributed by atoms with van der Waals surface area (Å²) in [5.74, 6) is 0.113. The lowest BCUT2D eigenvalue weighted by Crippen LogP contribution is -2.48. The van der Waals surface area contributed by atoms with Crippen molar-refractivity contribution in [2.24, 2.45) is 0 Å². The maximum Gasteiger partial charge on any atom is 0.261 e. The minimum absolute atomic E-state index is 0.0956. The molecule has 7 nitrogen and oxygen atoms in total. The molecule has 0 unspecified atom stereocenters. The summed E-state index contributed by atoms with van der Waals surface area (Å²) in [4.78, 5) is 41.4. The van der Waals surface area contributed by atoms with Crippen LogP contribution in [0.25, 0.3) is 0 Å². The Morgan fingerprint density at radius 2 is 1.82 bits per heavy atom. The van der Waals surface area contributed by atoms with Gasteiger partial charge in [0, 0.05) is 12.6 Å². The third-order valence-corrected chi connectivity index (χ3v) is 6.82. The first kappa shape index (κ1) is 23.8. The molecule has 0 spiro atoms. The first-order chi connectivity index (χ1) is 16.5. The quantitative estimate of drug-likeness (QED) is 0.481. The summed E-state index contributed by atoms with van der Waals surface area (Å²) in [5.41, 5.74) is 0.877. The number of hydrogen-bond acceptors (Lipinski definition) is 5. The van der Waals surface area contributed by atoms with Crippen molar-refractivity contribution in [3.63, 3.8) is 0 Å². The second-order valence-electron chi connectivity index (χ2n) is 8.51. The van der Waals surface area contributed by atoms with E-state index < -0.39 is 6.04 Å². The molecule has 1 aromatic carbocycles. The van der Waals surface area contributed by atoms with Crippen LogP contribution in [0.3, 0.4) is 0 Å². The molecule has 2 N–H and O–H groups in total. The van der Waals surface area contributed by atoms with E-state index in [-0.39, 0.29) is 36.9 Å². The Balaban J connectivity index is 1.60. The number of carbonyl (C=O) groups excluding carboxylic acids is 3. The van der Waals surface area contributed by atoms with Gasteiger partial charge >= 0.3 is 0 Å². The molecule has 0 bridgehead atoms. The van der Waals surface area contributed by atoms with E-state index in [1.54, 1.807) is 36.6 Å². The molecule has 2 heterocycles. The van der Waals surface area contributed by atoms with Crippen molar-refractivity contribution < 1.29 is 18.8 Å². The molecule has 34 heavy (non-hydrogen) atoms. The predicted octanol–water partition coefficient (Wildman–Crippen LogP) is 4.21. The van der Waals surface area contributed by atoms with Crippen LogP contribution >= 0.6 is 11.3 Å². The number of thiophene rings is 1. The minimum Gasteiger partial charge on any atom is -0.464 e. The fourth-order valence-electron chi connectivity index (χ4n) is 4.23. The van der Waals surface area contributed by atoms with E-state index in [0.29, 0.717) is 16.4 Å². The molecule has 3 amide bonds. The van der Waals surface area contributed by atoms with Gasteiger partial charge in [-0.25, -0.2) is 0 Å². The van der Waals surface area contributed by atoms with Crippen molar-refractivity contribution >= 4 is 29.1 Å². The van der Waals surface area contributed by atoms with Crippen LogP contribution in [0, 0.1) is 6.92 Å².